The fourth-order valence-corrected chi connectivity index (χ4v) is 4.51. The van der Waals surface area contributed by atoms with Crippen LogP contribution in [-0.2, 0) is 18.4 Å². The zero-order chi connectivity index (χ0) is 25.1. The second-order valence-corrected chi connectivity index (χ2v) is 9.18. The molecule has 0 spiro atoms. The molecule has 1 fully saturated rings. The van der Waals surface area contributed by atoms with Crippen molar-refractivity contribution < 1.29 is 27.2 Å². The number of ether oxygens (including phenoxy) is 1. The molecule has 4 aromatic rings. The molecule has 12 heteroatoms. The topological polar surface area (TPSA) is 107 Å². The molecule has 1 aromatic carbocycles. The van der Waals surface area contributed by atoms with Gasteiger partial charge in [0.15, 0.2) is 11.6 Å². The third kappa shape index (κ3) is 3.77. The van der Waals surface area contributed by atoms with Gasteiger partial charge in [-0.1, -0.05) is 5.16 Å². The summed E-state index contributed by atoms with van der Waals surface area (Å²) in [6.07, 6.45) is -0.815. The van der Waals surface area contributed by atoms with E-state index in [9.17, 15) is 18.0 Å². The predicted octanol–water partition coefficient (Wildman–Crippen LogP) is 4.92. The van der Waals surface area contributed by atoms with Crippen molar-refractivity contribution in [2.75, 3.05) is 5.32 Å². The summed E-state index contributed by atoms with van der Waals surface area (Å²) in [7, 11) is 0. The molecule has 1 aliphatic carbocycles. The van der Waals surface area contributed by atoms with Gasteiger partial charge in [0.1, 0.15) is 17.5 Å². The molecule has 0 bridgehead atoms. The number of hydrogen-bond donors (Lipinski definition) is 2. The van der Waals surface area contributed by atoms with E-state index in [1.807, 2.05) is 0 Å². The maximum absolute atomic E-state index is 13.4. The van der Waals surface area contributed by atoms with E-state index in [1.54, 1.807) is 30.5 Å². The lowest BCUT2D eigenvalue weighted by Gasteiger charge is -2.23. The van der Waals surface area contributed by atoms with E-state index in [0.29, 0.717) is 23.7 Å². The number of fused-ring (bicyclic) bond motifs is 2. The van der Waals surface area contributed by atoms with Crippen LogP contribution < -0.4 is 15.4 Å². The van der Waals surface area contributed by atoms with Gasteiger partial charge in [0.05, 0.1) is 11.2 Å². The molecule has 0 unspecified atom stereocenters. The summed E-state index contributed by atoms with van der Waals surface area (Å²) in [4.78, 5) is 21.6. The SMILES string of the molecule is C[C@H]1Cc2c(ncnc2Oc2ccc3ccn(C(=O)Nc4cc(C5(C(F)(F)F)CC5)on4)c3c2)CN1. The highest BCUT2D eigenvalue weighted by atomic mass is 19.4. The monoisotopic (exact) mass is 498 g/mol. The van der Waals surface area contributed by atoms with Crippen LogP contribution in [0.15, 0.2) is 47.4 Å². The van der Waals surface area contributed by atoms with E-state index in [-0.39, 0.29) is 30.5 Å². The number of alkyl halides is 3. The maximum atomic E-state index is 13.4. The van der Waals surface area contributed by atoms with Crippen molar-refractivity contribution in [1.82, 2.24) is 25.0 Å². The quantitative estimate of drug-likeness (QED) is 0.411. The lowest BCUT2D eigenvalue weighted by atomic mass is 10.0. The van der Waals surface area contributed by atoms with Crippen LogP contribution in [0.4, 0.5) is 23.8 Å². The summed E-state index contributed by atoms with van der Waals surface area (Å²) in [5.41, 5.74) is 0.350. The first-order chi connectivity index (χ1) is 17.2. The minimum Gasteiger partial charge on any atom is -0.439 e. The molecule has 186 valence electrons. The molecule has 4 heterocycles. The Morgan fingerprint density at radius 3 is 2.86 bits per heavy atom. The minimum absolute atomic E-state index is 0.0605. The van der Waals surface area contributed by atoms with Crippen LogP contribution in [0.25, 0.3) is 10.9 Å². The maximum Gasteiger partial charge on any atom is 0.401 e. The molecule has 1 amide bonds. The lowest BCUT2D eigenvalue weighted by molar-refractivity contribution is -0.165. The average Bonchev–Trinajstić information content (AvgIpc) is 3.37. The number of nitrogens with one attached hydrogen (secondary N) is 2. The highest BCUT2D eigenvalue weighted by Crippen LogP contribution is 2.59. The number of carbonyl (C=O) groups excluding carboxylic acids is 1. The molecule has 2 N–H and O–H groups in total. The zero-order valence-electron chi connectivity index (χ0n) is 19.1. The van der Waals surface area contributed by atoms with E-state index in [2.05, 4.69) is 32.7 Å². The molecule has 1 saturated carbocycles. The van der Waals surface area contributed by atoms with Crippen molar-refractivity contribution in [2.24, 2.45) is 0 Å². The molecular weight excluding hydrogens is 477 g/mol. The standard InChI is InChI=1S/C24H21F3N6O3/c1-13-8-16-17(11-28-13)29-12-30-21(16)35-15-3-2-14-4-7-33(18(14)9-15)22(34)31-20-10-19(36-32-20)23(5-6-23)24(25,26)27/h2-4,7,9-10,12-13,28H,5-6,8,11H2,1H3,(H,31,32,34)/t13-/m0/s1. The Bertz CT molecular complexity index is 1470. The van der Waals surface area contributed by atoms with Gasteiger partial charge < -0.3 is 14.6 Å². The lowest BCUT2D eigenvalue weighted by Crippen LogP contribution is -2.33. The third-order valence-electron chi connectivity index (χ3n) is 6.73. The predicted molar refractivity (Wildman–Crippen MR) is 122 cm³/mol. The van der Waals surface area contributed by atoms with Crippen LogP contribution in [0.3, 0.4) is 0 Å². The van der Waals surface area contributed by atoms with Crippen LogP contribution >= 0.6 is 0 Å². The van der Waals surface area contributed by atoms with Gasteiger partial charge in [0.2, 0.25) is 5.88 Å². The first-order valence-electron chi connectivity index (χ1n) is 11.4. The normalized spacial score (nSPS) is 18.6. The number of carbonyl (C=O) groups is 1. The van der Waals surface area contributed by atoms with Gasteiger partial charge in [0.25, 0.3) is 0 Å². The Balaban J connectivity index is 1.24. The number of halogens is 3. The first-order valence-corrected chi connectivity index (χ1v) is 11.4. The summed E-state index contributed by atoms with van der Waals surface area (Å²) in [6, 6.07) is 7.82. The van der Waals surface area contributed by atoms with Gasteiger partial charge >= 0.3 is 12.2 Å². The number of anilines is 1. The molecule has 36 heavy (non-hydrogen) atoms. The van der Waals surface area contributed by atoms with Crippen LogP contribution in [0.1, 0.15) is 36.8 Å². The average molecular weight is 498 g/mol. The Kier molecular flexibility index (Phi) is 5.04. The molecule has 3 aromatic heterocycles. The molecule has 9 nitrogen and oxygen atoms in total. The molecular formula is C24H21F3N6O3. The number of hydrogen-bond acceptors (Lipinski definition) is 7. The van der Waals surface area contributed by atoms with Crippen LogP contribution in [0.2, 0.25) is 0 Å². The van der Waals surface area contributed by atoms with Crippen molar-refractivity contribution in [3.8, 4) is 11.6 Å². The summed E-state index contributed by atoms with van der Waals surface area (Å²) in [5, 5.41) is 10.3. The van der Waals surface area contributed by atoms with Crippen molar-refractivity contribution in [3.63, 3.8) is 0 Å². The van der Waals surface area contributed by atoms with E-state index >= 15 is 0 Å². The van der Waals surface area contributed by atoms with Gasteiger partial charge in [0, 0.05) is 41.9 Å². The van der Waals surface area contributed by atoms with E-state index in [1.165, 1.54) is 10.9 Å². The minimum atomic E-state index is -4.43. The summed E-state index contributed by atoms with van der Waals surface area (Å²) in [5.74, 6) is 0.558. The van der Waals surface area contributed by atoms with Crippen molar-refractivity contribution in [2.45, 2.75) is 50.4 Å². The molecule has 2 aliphatic rings. The van der Waals surface area contributed by atoms with Gasteiger partial charge in [-0.15, -0.1) is 0 Å². The Hall–Kier alpha value is -3.93. The Labute approximate surface area is 202 Å². The molecule has 0 saturated heterocycles. The summed E-state index contributed by atoms with van der Waals surface area (Å²) in [6.45, 7) is 2.70. The Morgan fingerprint density at radius 1 is 1.25 bits per heavy atom. The largest absolute Gasteiger partial charge is 0.439 e. The van der Waals surface area contributed by atoms with E-state index in [0.717, 1.165) is 29.1 Å². The van der Waals surface area contributed by atoms with Gasteiger partial charge in [-0.2, -0.15) is 13.2 Å². The third-order valence-corrected chi connectivity index (χ3v) is 6.73. The van der Waals surface area contributed by atoms with Gasteiger partial charge in [-0.05, 0) is 44.4 Å². The molecule has 1 aliphatic heterocycles. The number of aromatic nitrogens is 4. The van der Waals surface area contributed by atoms with Crippen molar-refractivity contribution in [3.05, 3.63) is 59.9 Å². The number of rotatable bonds is 4. The Morgan fingerprint density at radius 2 is 2.08 bits per heavy atom. The van der Waals surface area contributed by atoms with Crippen LogP contribution in [0.5, 0.6) is 11.6 Å². The van der Waals surface area contributed by atoms with E-state index in [4.69, 9.17) is 9.26 Å². The molecule has 1 atom stereocenters. The van der Waals surface area contributed by atoms with E-state index < -0.39 is 17.6 Å². The zero-order valence-corrected chi connectivity index (χ0v) is 19.1. The number of amides is 1. The number of benzene rings is 1. The smallest absolute Gasteiger partial charge is 0.401 e. The van der Waals surface area contributed by atoms with Gasteiger partial charge in [-0.3, -0.25) is 9.88 Å². The highest BCUT2D eigenvalue weighted by molar-refractivity contribution is 5.98. The highest BCUT2D eigenvalue weighted by Gasteiger charge is 2.66. The van der Waals surface area contributed by atoms with Crippen LogP contribution in [0, 0.1) is 0 Å². The van der Waals surface area contributed by atoms with Crippen LogP contribution in [-0.4, -0.2) is 37.9 Å². The molecule has 0 radical (unpaired) electrons. The summed E-state index contributed by atoms with van der Waals surface area (Å²) < 4.78 is 52.4. The fraction of sp³-hybridized carbons (Fsp3) is 0.333. The van der Waals surface area contributed by atoms with Crippen molar-refractivity contribution >= 4 is 22.8 Å². The summed E-state index contributed by atoms with van der Waals surface area (Å²) >= 11 is 0. The van der Waals surface area contributed by atoms with Crippen molar-refractivity contribution in [1.29, 1.82) is 0 Å². The fourth-order valence-electron chi connectivity index (χ4n) is 4.51. The molecule has 6 rings (SSSR count). The van der Waals surface area contributed by atoms with Gasteiger partial charge in [-0.25, -0.2) is 14.8 Å². The number of nitrogens with zero attached hydrogens (tertiary/aromatic N) is 4. The second-order valence-electron chi connectivity index (χ2n) is 9.18. The second kappa shape index (κ2) is 8.05. The first kappa shape index (κ1) is 22.5.